The molecule has 0 aromatic rings. The van der Waals surface area contributed by atoms with Gasteiger partial charge < -0.3 is 4.74 Å². The highest BCUT2D eigenvalue weighted by molar-refractivity contribution is 4.93. The van der Waals surface area contributed by atoms with Gasteiger partial charge in [0, 0.05) is 0 Å². The van der Waals surface area contributed by atoms with Gasteiger partial charge in [0.05, 0.1) is 12.2 Å². The monoisotopic (exact) mass is 127 g/mol. The highest BCUT2D eigenvalue weighted by Crippen LogP contribution is 2.40. The summed E-state index contributed by atoms with van der Waals surface area (Å²) in [7, 11) is 0. The van der Waals surface area contributed by atoms with E-state index >= 15 is 0 Å². The van der Waals surface area contributed by atoms with Crippen molar-refractivity contribution < 1.29 is 4.74 Å². The predicted octanol–water partition coefficient (Wildman–Crippen LogP) is 2.37. The van der Waals surface area contributed by atoms with Crippen molar-refractivity contribution in [3.63, 3.8) is 0 Å². The van der Waals surface area contributed by atoms with Crippen LogP contribution in [0.25, 0.3) is 0 Å². The second-order valence-corrected chi connectivity index (χ2v) is 4.16. The maximum atomic E-state index is 5.43. The lowest BCUT2D eigenvalue weighted by Crippen LogP contribution is -2.18. The quantitative estimate of drug-likeness (QED) is 0.485. The van der Waals surface area contributed by atoms with Crippen molar-refractivity contribution in [3.05, 3.63) is 6.61 Å². The highest BCUT2D eigenvalue weighted by Gasteiger charge is 2.37. The van der Waals surface area contributed by atoms with Gasteiger partial charge in [0.2, 0.25) is 0 Å². The van der Waals surface area contributed by atoms with E-state index in [0.717, 1.165) is 6.42 Å². The van der Waals surface area contributed by atoms with Crippen LogP contribution in [0.4, 0.5) is 0 Å². The summed E-state index contributed by atoms with van der Waals surface area (Å²) in [4.78, 5) is 0. The van der Waals surface area contributed by atoms with Crippen LogP contribution in [0.2, 0.25) is 0 Å². The second kappa shape index (κ2) is 1.72. The van der Waals surface area contributed by atoms with Gasteiger partial charge in [-0.3, -0.25) is 0 Å². The molecule has 1 aliphatic rings. The van der Waals surface area contributed by atoms with Crippen LogP contribution in [0.5, 0.6) is 0 Å². The molecule has 1 saturated heterocycles. The van der Waals surface area contributed by atoms with Gasteiger partial charge in [-0.2, -0.15) is 0 Å². The zero-order valence-corrected chi connectivity index (χ0v) is 6.69. The summed E-state index contributed by atoms with van der Waals surface area (Å²) in [5.41, 5.74) is 0.354. The lowest BCUT2D eigenvalue weighted by molar-refractivity contribution is 0.0703. The van der Waals surface area contributed by atoms with Gasteiger partial charge in [-0.15, -0.1) is 0 Å². The van der Waals surface area contributed by atoms with Crippen LogP contribution >= 0.6 is 0 Å². The van der Waals surface area contributed by atoms with E-state index in [1.807, 2.05) is 6.61 Å². The fourth-order valence-corrected chi connectivity index (χ4v) is 1.50. The number of rotatable bonds is 0. The molecular weight excluding hydrogens is 112 g/mol. The standard InChI is InChI=1S/C8H15O/c1-7(2)5-8(3,4)9-6-7/h6H,5H2,1-4H3. The fourth-order valence-electron chi connectivity index (χ4n) is 1.50. The van der Waals surface area contributed by atoms with Crippen molar-refractivity contribution in [2.45, 2.75) is 39.7 Å². The Morgan fingerprint density at radius 2 is 1.78 bits per heavy atom. The number of hydrogen-bond acceptors (Lipinski definition) is 1. The Kier molecular flexibility index (Phi) is 1.35. The molecule has 0 aromatic carbocycles. The molecule has 1 heterocycles. The van der Waals surface area contributed by atoms with Crippen LogP contribution in [0.3, 0.4) is 0 Å². The van der Waals surface area contributed by atoms with Crippen molar-refractivity contribution >= 4 is 0 Å². The molecule has 0 aliphatic carbocycles. The maximum Gasteiger partial charge on any atom is 0.0901 e. The fraction of sp³-hybridized carbons (Fsp3) is 0.875. The van der Waals surface area contributed by atoms with Crippen molar-refractivity contribution in [3.8, 4) is 0 Å². The molecule has 0 aromatic heterocycles. The van der Waals surface area contributed by atoms with E-state index in [2.05, 4.69) is 27.7 Å². The first kappa shape index (κ1) is 7.07. The van der Waals surface area contributed by atoms with Gasteiger partial charge in [0.15, 0.2) is 0 Å². The molecule has 1 aliphatic heterocycles. The molecule has 0 amide bonds. The van der Waals surface area contributed by atoms with E-state index < -0.39 is 0 Å². The molecule has 1 nitrogen and oxygen atoms in total. The molecule has 1 rings (SSSR count). The van der Waals surface area contributed by atoms with E-state index in [0.29, 0.717) is 0 Å². The third-order valence-electron chi connectivity index (χ3n) is 1.58. The Morgan fingerprint density at radius 3 is 1.89 bits per heavy atom. The Hall–Kier alpha value is -0.0400. The molecule has 0 saturated carbocycles. The first-order chi connectivity index (χ1) is 3.91. The van der Waals surface area contributed by atoms with Gasteiger partial charge in [0.1, 0.15) is 0 Å². The smallest absolute Gasteiger partial charge is 0.0901 e. The maximum absolute atomic E-state index is 5.43. The molecule has 0 bridgehead atoms. The van der Waals surface area contributed by atoms with E-state index in [9.17, 15) is 0 Å². The zero-order valence-electron chi connectivity index (χ0n) is 6.69. The molecular formula is C8H15O. The molecule has 1 radical (unpaired) electrons. The van der Waals surface area contributed by atoms with Crippen LogP contribution in [-0.4, -0.2) is 5.60 Å². The van der Waals surface area contributed by atoms with Gasteiger partial charge >= 0.3 is 0 Å². The Morgan fingerprint density at radius 1 is 1.22 bits per heavy atom. The number of hydrogen-bond donors (Lipinski definition) is 0. The summed E-state index contributed by atoms with van der Waals surface area (Å²) in [6.07, 6.45) is 1.12. The van der Waals surface area contributed by atoms with Crippen LogP contribution in [-0.2, 0) is 4.74 Å². The summed E-state index contributed by atoms with van der Waals surface area (Å²) >= 11 is 0. The van der Waals surface area contributed by atoms with Crippen molar-refractivity contribution in [1.29, 1.82) is 0 Å². The summed E-state index contributed by atoms with van der Waals surface area (Å²) in [6, 6.07) is 0. The molecule has 1 heteroatoms. The minimum atomic E-state index is 0.0729. The molecule has 0 N–H and O–H groups in total. The minimum absolute atomic E-state index is 0.0729. The van der Waals surface area contributed by atoms with Crippen molar-refractivity contribution in [2.75, 3.05) is 0 Å². The lowest BCUT2D eigenvalue weighted by atomic mass is 9.86. The average molecular weight is 127 g/mol. The molecule has 9 heavy (non-hydrogen) atoms. The Labute approximate surface area is 57.4 Å². The van der Waals surface area contributed by atoms with Gasteiger partial charge in [-0.1, -0.05) is 13.8 Å². The van der Waals surface area contributed by atoms with E-state index in [-0.39, 0.29) is 11.0 Å². The Balaban J connectivity index is 2.58. The van der Waals surface area contributed by atoms with E-state index in [1.165, 1.54) is 0 Å². The molecule has 0 atom stereocenters. The molecule has 53 valence electrons. The SMILES string of the molecule is CC1(C)[CH]OC(C)(C)C1. The van der Waals surface area contributed by atoms with Gasteiger partial charge in [0.25, 0.3) is 0 Å². The summed E-state index contributed by atoms with van der Waals surface area (Å²) < 4.78 is 5.43. The summed E-state index contributed by atoms with van der Waals surface area (Å²) in [5.74, 6) is 0. The summed E-state index contributed by atoms with van der Waals surface area (Å²) in [6.45, 7) is 10.6. The van der Waals surface area contributed by atoms with E-state index in [1.54, 1.807) is 0 Å². The van der Waals surface area contributed by atoms with Crippen molar-refractivity contribution in [1.82, 2.24) is 0 Å². The Bertz CT molecular complexity index is 99.7. The van der Waals surface area contributed by atoms with E-state index in [4.69, 9.17) is 4.74 Å². The first-order valence-corrected chi connectivity index (χ1v) is 3.44. The highest BCUT2D eigenvalue weighted by atomic mass is 16.5. The lowest BCUT2D eigenvalue weighted by Gasteiger charge is -2.17. The van der Waals surface area contributed by atoms with Crippen LogP contribution in [0.1, 0.15) is 34.1 Å². The molecule has 0 unspecified atom stereocenters. The largest absolute Gasteiger partial charge is 0.369 e. The average Bonchev–Trinajstić information content (AvgIpc) is 1.78. The third kappa shape index (κ3) is 1.68. The van der Waals surface area contributed by atoms with Crippen LogP contribution < -0.4 is 0 Å². The first-order valence-electron chi connectivity index (χ1n) is 3.44. The number of ether oxygens (including phenoxy) is 1. The zero-order chi connectivity index (χ0) is 7.12. The topological polar surface area (TPSA) is 9.23 Å². The molecule has 0 spiro atoms. The minimum Gasteiger partial charge on any atom is -0.369 e. The van der Waals surface area contributed by atoms with Crippen molar-refractivity contribution in [2.24, 2.45) is 5.41 Å². The van der Waals surface area contributed by atoms with Gasteiger partial charge in [-0.25, -0.2) is 0 Å². The predicted molar refractivity (Wildman–Crippen MR) is 37.9 cm³/mol. The molecule has 1 fully saturated rings. The van der Waals surface area contributed by atoms with Crippen LogP contribution in [0.15, 0.2) is 0 Å². The summed E-state index contributed by atoms with van der Waals surface area (Å²) in [5, 5.41) is 0. The third-order valence-corrected chi connectivity index (χ3v) is 1.58. The normalized spacial score (nSPS) is 30.7. The second-order valence-electron chi connectivity index (χ2n) is 4.16. The van der Waals surface area contributed by atoms with Gasteiger partial charge in [-0.05, 0) is 25.7 Å². The van der Waals surface area contributed by atoms with Crippen LogP contribution in [0, 0.1) is 12.0 Å².